The molecule has 2 amide bonds. The lowest BCUT2D eigenvalue weighted by Gasteiger charge is -2.23. The van der Waals surface area contributed by atoms with Crippen LogP contribution in [0.3, 0.4) is 0 Å². The summed E-state index contributed by atoms with van der Waals surface area (Å²) in [6.45, 7) is 2.22. The first-order valence-corrected chi connectivity index (χ1v) is 12.1. The Hall–Kier alpha value is -3.92. The molecule has 2 atom stereocenters. The Morgan fingerprint density at radius 2 is 1.59 bits per heavy atom. The minimum absolute atomic E-state index is 0.175. The molecule has 5 N–H and O–H groups in total. The number of rotatable bonds is 11. The van der Waals surface area contributed by atoms with Gasteiger partial charge in [-0.2, -0.15) is 0 Å². The molecule has 1 unspecified atom stereocenters. The summed E-state index contributed by atoms with van der Waals surface area (Å²) in [4.78, 5) is 29.8. The molecule has 8 nitrogen and oxygen atoms in total. The van der Waals surface area contributed by atoms with Crippen molar-refractivity contribution >= 4 is 30.0 Å². The van der Waals surface area contributed by atoms with Gasteiger partial charge in [-0.25, -0.2) is 0 Å². The predicted molar refractivity (Wildman–Crippen MR) is 142 cm³/mol. The molecule has 4 rings (SSSR count). The van der Waals surface area contributed by atoms with Crippen LogP contribution in [-0.4, -0.2) is 40.4 Å². The van der Waals surface area contributed by atoms with E-state index in [0.717, 1.165) is 33.2 Å². The highest BCUT2D eigenvalue weighted by Gasteiger charge is 2.30. The van der Waals surface area contributed by atoms with Crippen molar-refractivity contribution in [3.63, 3.8) is 0 Å². The van der Waals surface area contributed by atoms with Crippen molar-refractivity contribution in [2.75, 3.05) is 0 Å². The van der Waals surface area contributed by atoms with Gasteiger partial charge in [0.05, 0.1) is 0 Å². The van der Waals surface area contributed by atoms with Crippen molar-refractivity contribution in [1.82, 2.24) is 15.6 Å². The second-order valence-electron chi connectivity index (χ2n) is 9.01. The normalized spacial score (nSPS) is 12.6. The van der Waals surface area contributed by atoms with E-state index in [1.54, 1.807) is 0 Å². The summed E-state index contributed by atoms with van der Waals surface area (Å²) in [6, 6.07) is 24.6. The Labute approximate surface area is 215 Å². The summed E-state index contributed by atoms with van der Waals surface area (Å²) in [5.74, 6) is -2.06. The average Bonchev–Trinajstić information content (AvgIpc) is 3.35. The Morgan fingerprint density at radius 3 is 2.32 bits per heavy atom. The number of aryl methyl sites for hydroxylation is 1. The van der Waals surface area contributed by atoms with E-state index >= 15 is 0 Å². The Morgan fingerprint density at radius 1 is 0.892 bits per heavy atom. The van der Waals surface area contributed by atoms with E-state index in [2.05, 4.69) is 15.6 Å². The number of fused-ring (bicyclic) bond motifs is 1. The number of hydrogen-bond donors (Lipinski definition) is 5. The third-order valence-corrected chi connectivity index (χ3v) is 6.13. The van der Waals surface area contributed by atoms with Crippen LogP contribution in [0.1, 0.15) is 22.3 Å². The molecule has 0 bridgehead atoms. The van der Waals surface area contributed by atoms with Gasteiger partial charge in [0.2, 0.25) is 11.8 Å². The van der Waals surface area contributed by atoms with Crippen molar-refractivity contribution in [3.8, 4) is 0 Å². The second kappa shape index (κ2) is 12.4. The number of amides is 2. The first-order valence-electron chi connectivity index (χ1n) is 12.1. The molecule has 0 radical (unpaired) electrons. The third kappa shape index (κ3) is 7.53. The van der Waals surface area contributed by atoms with Crippen LogP contribution in [0.15, 0.2) is 85.1 Å². The van der Waals surface area contributed by atoms with Gasteiger partial charge in [0.15, 0.2) is 0 Å². The van der Waals surface area contributed by atoms with Gasteiger partial charge in [-0.15, -0.1) is 0 Å². The summed E-state index contributed by atoms with van der Waals surface area (Å²) in [5, 5.41) is 25.4. The van der Waals surface area contributed by atoms with Gasteiger partial charge in [-0.05, 0) is 53.6 Å². The fourth-order valence-electron chi connectivity index (χ4n) is 4.16. The van der Waals surface area contributed by atoms with Gasteiger partial charge < -0.3 is 30.3 Å². The number of aromatic nitrogens is 1. The van der Waals surface area contributed by atoms with Crippen LogP contribution in [-0.2, 0) is 33.6 Å². The molecule has 0 aliphatic rings. The second-order valence-corrected chi connectivity index (χ2v) is 9.01. The molecule has 37 heavy (non-hydrogen) atoms. The zero-order valence-electron chi connectivity index (χ0n) is 20.6. The minimum atomic E-state index is -2.08. The zero-order valence-corrected chi connectivity index (χ0v) is 20.6. The fraction of sp³-hybridized carbons (Fsp3) is 0.214. The lowest BCUT2D eigenvalue weighted by Crippen LogP contribution is -2.48. The van der Waals surface area contributed by atoms with Crippen molar-refractivity contribution in [3.05, 3.63) is 107 Å². The summed E-state index contributed by atoms with van der Waals surface area (Å²) in [5.41, 5.74) is 4.64. The van der Waals surface area contributed by atoms with Gasteiger partial charge in [-0.3, -0.25) is 9.59 Å². The highest BCUT2D eigenvalue weighted by molar-refractivity contribution is 6.32. The third-order valence-electron chi connectivity index (χ3n) is 6.13. The Kier molecular flexibility index (Phi) is 8.74. The highest BCUT2D eigenvalue weighted by atomic mass is 16.6. The number of benzene rings is 3. The van der Waals surface area contributed by atoms with Crippen LogP contribution in [0.4, 0.5) is 0 Å². The van der Waals surface area contributed by atoms with Crippen molar-refractivity contribution in [2.45, 2.75) is 32.5 Å². The molecule has 0 saturated heterocycles. The average molecular weight is 499 g/mol. The molecular weight excluding hydrogens is 469 g/mol. The smallest absolute Gasteiger partial charge is 0.402 e. The molecular formula is C28H30BN3O5. The standard InChI is InChI=1S/C28H30BN3O5/c1-19-7-9-21(10-8-19)17-26(37-29(35)36)32-28(34)24(16-20-5-3-2-4-6-20)27(33)31-18-22-11-12-25-23(15-22)13-14-30-25/h2-15,24,26,30,35-36H,16-18H2,1H3,(H,31,33)(H,32,34)/t24?,26-/m1/s1. The van der Waals surface area contributed by atoms with Gasteiger partial charge in [-0.1, -0.05) is 66.2 Å². The molecule has 190 valence electrons. The Bertz CT molecular complexity index is 1320. The molecule has 9 heteroatoms. The van der Waals surface area contributed by atoms with Gasteiger partial charge in [0.1, 0.15) is 12.1 Å². The van der Waals surface area contributed by atoms with Crippen LogP contribution < -0.4 is 10.6 Å². The molecule has 0 saturated carbocycles. The van der Waals surface area contributed by atoms with E-state index in [9.17, 15) is 19.6 Å². The van der Waals surface area contributed by atoms with E-state index in [-0.39, 0.29) is 19.4 Å². The lowest BCUT2D eigenvalue weighted by atomic mass is 9.97. The van der Waals surface area contributed by atoms with Crippen LogP contribution in [0, 0.1) is 12.8 Å². The van der Waals surface area contributed by atoms with Gasteiger partial charge in [0.25, 0.3) is 0 Å². The monoisotopic (exact) mass is 499 g/mol. The molecule has 0 aliphatic carbocycles. The summed E-state index contributed by atoms with van der Waals surface area (Å²) in [7, 11) is -2.08. The maximum Gasteiger partial charge on any atom is 0.635 e. The van der Waals surface area contributed by atoms with Crippen LogP contribution >= 0.6 is 0 Å². The quantitative estimate of drug-likeness (QED) is 0.123. The molecule has 0 aliphatic heterocycles. The SMILES string of the molecule is Cc1ccc(C[C@H](NC(=O)C(Cc2ccccc2)C(=O)NCc2ccc3[nH]ccc3c2)OB(O)O)cc1. The van der Waals surface area contributed by atoms with Crippen molar-refractivity contribution in [1.29, 1.82) is 0 Å². The van der Waals surface area contributed by atoms with E-state index in [0.29, 0.717) is 0 Å². The molecule has 0 fully saturated rings. The highest BCUT2D eigenvalue weighted by Crippen LogP contribution is 2.16. The largest absolute Gasteiger partial charge is 0.635 e. The topological polar surface area (TPSA) is 124 Å². The first kappa shape index (κ1) is 26.2. The molecule has 3 aromatic carbocycles. The van der Waals surface area contributed by atoms with Crippen molar-refractivity contribution in [2.24, 2.45) is 5.92 Å². The number of hydrogen-bond acceptors (Lipinski definition) is 5. The number of carbonyl (C=O) groups excluding carboxylic acids is 2. The maximum atomic E-state index is 13.4. The summed E-state index contributed by atoms with van der Waals surface area (Å²) >= 11 is 0. The van der Waals surface area contributed by atoms with E-state index in [4.69, 9.17) is 4.65 Å². The van der Waals surface area contributed by atoms with Gasteiger partial charge in [0, 0.05) is 24.7 Å². The van der Waals surface area contributed by atoms with E-state index in [1.807, 2.05) is 92.0 Å². The van der Waals surface area contributed by atoms with Gasteiger partial charge >= 0.3 is 7.32 Å². The molecule has 1 heterocycles. The lowest BCUT2D eigenvalue weighted by molar-refractivity contribution is -0.137. The number of carbonyl (C=O) groups is 2. The fourth-order valence-corrected chi connectivity index (χ4v) is 4.16. The van der Waals surface area contributed by atoms with Crippen LogP contribution in [0.5, 0.6) is 0 Å². The number of aromatic amines is 1. The van der Waals surface area contributed by atoms with Crippen molar-refractivity contribution < 1.29 is 24.3 Å². The predicted octanol–water partition coefficient (Wildman–Crippen LogP) is 2.62. The van der Waals surface area contributed by atoms with E-state index < -0.39 is 31.3 Å². The number of nitrogens with one attached hydrogen (secondary N) is 3. The van der Waals surface area contributed by atoms with Crippen LogP contribution in [0.25, 0.3) is 10.9 Å². The van der Waals surface area contributed by atoms with Crippen LogP contribution in [0.2, 0.25) is 0 Å². The summed E-state index contributed by atoms with van der Waals surface area (Å²) < 4.78 is 5.14. The van der Waals surface area contributed by atoms with E-state index in [1.165, 1.54) is 0 Å². The molecule has 4 aromatic rings. The Balaban J connectivity index is 1.48. The number of H-pyrrole nitrogens is 1. The minimum Gasteiger partial charge on any atom is -0.402 e. The summed E-state index contributed by atoms with van der Waals surface area (Å²) in [6.07, 6.45) is 1.18. The zero-order chi connectivity index (χ0) is 26.2. The molecule has 1 aromatic heterocycles. The maximum absolute atomic E-state index is 13.4. The molecule has 0 spiro atoms. The first-order chi connectivity index (χ1) is 17.9.